The van der Waals surface area contributed by atoms with E-state index in [1.807, 2.05) is 22.9 Å². The van der Waals surface area contributed by atoms with E-state index in [2.05, 4.69) is 0 Å². The molecule has 1 heterocycles. The summed E-state index contributed by atoms with van der Waals surface area (Å²) in [6.45, 7) is 0. The number of hydrogen-bond donors (Lipinski definition) is 0. The van der Waals surface area contributed by atoms with Crippen LogP contribution in [0.4, 0.5) is 0 Å². The Labute approximate surface area is 71.5 Å². The van der Waals surface area contributed by atoms with Crippen molar-refractivity contribution in [3.8, 4) is 0 Å². The van der Waals surface area contributed by atoms with E-state index in [1.165, 1.54) is 0 Å². The van der Waals surface area contributed by atoms with Crippen LogP contribution in [0, 0.1) is 0 Å². The van der Waals surface area contributed by atoms with Crippen LogP contribution >= 0.6 is 28.4 Å². The van der Waals surface area contributed by atoms with Gasteiger partial charge in [-0.1, -0.05) is 12.1 Å². The van der Waals surface area contributed by atoms with Crippen LogP contribution in [0.5, 0.6) is 0 Å². The fourth-order valence-corrected chi connectivity index (χ4v) is 0.680. The Bertz CT molecular complexity index is 80.9. The first-order valence-electron chi connectivity index (χ1n) is 1.85. The zero-order chi connectivity index (χ0) is 6.24. The van der Waals surface area contributed by atoms with Crippen molar-refractivity contribution >= 4 is 28.4 Å². The molecule has 0 N–H and O–H groups in total. The Morgan fingerprint density at radius 2 is 1.50 bits per heavy atom. The van der Waals surface area contributed by atoms with Crippen molar-refractivity contribution < 1.29 is 20.8 Å². The van der Waals surface area contributed by atoms with Gasteiger partial charge in [-0.3, -0.25) is 0 Å². The van der Waals surface area contributed by atoms with E-state index in [1.54, 1.807) is 11.3 Å². The van der Waals surface area contributed by atoms with Crippen LogP contribution < -0.4 is 0 Å². The summed E-state index contributed by atoms with van der Waals surface area (Å²) in [5.74, 6) is 0. The second kappa shape index (κ2) is 8.16. The molecule has 0 aliphatic heterocycles. The molecule has 0 saturated carbocycles. The molecule has 1 aromatic heterocycles. The van der Waals surface area contributed by atoms with Crippen LogP contribution in [0.2, 0.25) is 0 Å². The quantitative estimate of drug-likeness (QED) is 0.659. The molecule has 0 aromatic carbocycles. The molecule has 0 aliphatic carbocycles. The topological polar surface area (TPSA) is 0 Å². The molecule has 0 spiro atoms. The number of rotatable bonds is 0. The Hall–Kier alpha value is 1.16. The van der Waals surface area contributed by atoms with Crippen LogP contribution in [-0.2, 0) is 20.8 Å². The minimum atomic E-state index is -0.826. The maximum Gasteiger partial charge on any atom is -0.00934 e. The van der Waals surface area contributed by atoms with Crippen molar-refractivity contribution in [3.63, 3.8) is 0 Å². The van der Waals surface area contributed by atoms with Gasteiger partial charge >= 0.3 is 37.9 Å². The molecule has 0 aliphatic rings. The van der Waals surface area contributed by atoms with Crippen molar-refractivity contribution in [2.45, 2.75) is 0 Å². The van der Waals surface area contributed by atoms with Crippen molar-refractivity contribution in [3.05, 3.63) is 22.9 Å². The predicted octanol–water partition coefficient (Wildman–Crippen LogP) is 3.12. The van der Waals surface area contributed by atoms with Gasteiger partial charge in [-0.25, -0.2) is 0 Å². The van der Waals surface area contributed by atoms with Gasteiger partial charge in [0.2, 0.25) is 0 Å². The molecule has 1 aromatic rings. The Morgan fingerprint density at radius 3 is 1.62 bits per heavy atom. The molecule has 1 rings (SSSR count). The molecule has 44 valence electrons. The SMILES string of the molecule is [Cl][Zr][Cl].c1ccsc1. The van der Waals surface area contributed by atoms with E-state index in [0.717, 1.165) is 0 Å². The molecule has 0 atom stereocenters. The summed E-state index contributed by atoms with van der Waals surface area (Å²) >= 11 is 0.887. The molecule has 0 bridgehead atoms. The van der Waals surface area contributed by atoms with Gasteiger partial charge < -0.3 is 0 Å². The average molecular weight is 246 g/mol. The molecule has 8 heavy (non-hydrogen) atoms. The van der Waals surface area contributed by atoms with Gasteiger partial charge in [0.15, 0.2) is 0 Å². The van der Waals surface area contributed by atoms with Crippen LogP contribution in [0.15, 0.2) is 22.9 Å². The zero-order valence-corrected chi connectivity index (χ0v) is 8.76. The molecule has 4 heteroatoms. The molecular formula is C4H4Cl2SZr. The van der Waals surface area contributed by atoms with Crippen LogP contribution in [-0.4, -0.2) is 0 Å². The van der Waals surface area contributed by atoms with Crippen molar-refractivity contribution in [2.24, 2.45) is 0 Å². The van der Waals surface area contributed by atoms with Crippen molar-refractivity contribution in [1.82, 2.24) is 0 Å². The molecular weight excluding hydrogens is 242 g/mol. The summed E-state index contributed by atoms with van der Waals surface area (Å²) in [5.41, 5.74) is 0. The summed E-state index contributed by atoms with van der Waals surface area (Å²) < 4.78 is 0. The summed E-state index contributed by atoms with van der Waals surface area (Å²) in [7, 11) is 9.87. The third-order valence-corrected chi connectivity index (χ3v) is 1.05. The van der Waals surface area contributed by atoms with Gasteiger partial charge in [0, 0.05) is 0 Å². The first-order valence-corrected chi connectivity index (χ1v) is 9.12. The van der Waals surface area contributed by atoms with Crippen LogP contribution in [0.1, 0.15) is 0 Å². The minimum Gasteiger partial charge on any atom is -0.152 e. The molecule has 0 fully saturated rings. The fraction of sp³-hybridized carbons (Fsp3) is 0. The molecule has 0 nitrogen and oxygen atoms in total. The third kappa shape index (κ3) is 7.16. The molecule has 0 unspecified atom stereocenters. The summed E-state index contributed by atoms with van der Waals surface area (Å²) in [6.07, 6.45) is 0. The normalized spacial score (nSPS) is 6.75. The van der Waals surface area contributed by atoms with Crippen LogP contribution in [0.25, 0.3) is 0 Å². The van der Waals surface area contributed by atoms with Crippen molar-refractivity contribution in [2.75, 3.05) is 0 Å². The summed E-state index contributed by atoms with van der Waals surface area (Å²) in [5, 5.41) is 4.08. The van der Waals surface area contributed by atoms with Gasteiger partial charge in [-0.15, -0.1) is 0 Å². The molecule has 0 amide bonds. The number of halogens is 2. The first-order chi connectivity index (χ1) is 3.91. The van der Waals surface area contributed by atoms with E-state index in [-0.39, 0.29) is 0 Å². The average Bonchev–Trinajstić information content (AvgIpc) is 2.17. The Kier molecular flexibility index (Phi) is 9.35. The Morgan fingerprint density at radius 1 is 1.12 bits per heavy atom. The van der Waals surface area contributed by atoms with Gasteiger partial charge in [-0.2, -0.15) is 11.3 Å². The molecule has 0 saturated heterocycles. The van der Waals surface area contributed by atoms with E-state index >= 15 is 0 Å². The second-order valence-electron chi connectivity index (χ2n) is 0.865. The van der Waals surface area contributed by atoms with E-state index < -0.39 is 20.8 Å². The van der Waals surface area contributed by atoms with Crippen molar-refractivity contribution in [1.29, 1.82) is 0 Å². The minimum absolute atomic E-state index is 0.826. The molecule has 0 radical (unpaired) electrons. The maximum atomic E-state index is 4.93. The monoisotopic (exact) mass is 244 g/mol. The second-order valence-corrected chi connectivity index (χ2v) is 5.41. The van der Waals surface area contributed by atoms with E-state index in [0.29, 0.717) is 0 Å². The smallest absolute Gasteiger partial charge is 0.00934 e. The van der Waals surface area contributed by atoms with Crippen LogP contribution in [0.3, 0.4) is 0 Å². The summed E-state index contributed by atoms with van der Waals surface area (Å²) in [4.78, 5) is 0. The predicted molar refractivity (Wildman–Crippen MR) is 36.0 cm³/mol. The Balaban J connectivity index is 0.000000145. The summed E-state index contributed by atoms with van der Waals surface area (Å²) in [6, 6.07) is 4.04. The fourth-order valence-electron chi connectivity index (χ4n) is 0.227. The van der Waals surface area contributed by atoms with E-state index in [9.17, 15) is 0 Å². The van der Waals surface area contributed by atoms with Gasteiger partial charge in [0.1, 0.15) is 0 Å². The largest absolute Gasteiger partial charge is 0.152 e. The zero-order valence-electron chi connectivity index (χ0n) is 3.97. The van der Waals surface area contributed by atoms with Gasteiger partial charge in [0.05, 0.1) is 0 Å². The third-order valence-electron chi connectivity index (χ3n) is 0.425. The first kappa shape index (κ1) is 9.16. The van der Waals surface area contributed by atoms with E-state index in [4.69, 9.17) is 17.0 Å². The number of hydrogen-bond acceptors (Lipinski definition) is 1. The maximum absolute atomic E-state index is 4.93. The number of thiophene rings is 1. The van der Waals surface area contributed by atoms with Gasteiger partial charge in [0.25, 0.3) is 0 Å². The standard InChI is InChI=1S/C4H4S.2ClH.Zr/c1-2-4-5-3-1;;;/h1-4H;2*1H;/q;;;+2/p-2. The van der Waals surface area contributed by atoms with Gasteiger partial charge in [-0.05, 0) is 10.8 Å².